The van der Waals surface area contributed by atoms with E-state index in [0.29, 0.717) is 11.5 Å². The molecule has 1 heterocycles. The molecule has 0 spiro atoms. The summed E-state index contributed by atoms with van der Waals surface area (Å²) in [5.74, 6) is 0.351. The largest absolute Gasteiger partial charge is 0.394 e. The molecular formula is C16H24N2O3. The van der Waals surface area contributed by atoms with Gasteiger partial charge in [0, 0.05) is 0 Å². The second kappa shape index (κ2) is 7.54. The predicted molar refractivity (Wildman–Crippen MR) is 80.6 cm³/mol. The molecule has 1 aromatic carbocycles. The lowest BCUT2D eigenvalue weighted by Crippen LogP contribution is -2.53. The minimum atomic E-state index is -0.916. The molecule has 0 saturated carbocycles. The van der Waals surface area contributed by atoms with E-state index in [2.05, 4.69) is 17.6 Å². The zero-order valence-electron chi connectivity index (χ0n) is 12.3. The second-order valence-electron chi connectivity index (χ2n) is 5.79. The topological polar surface area (TPSA) is 81.6 Å². The third-order valence-electron chi connectivity index (χ3n) is 4.03. The minimum absolute atomic E-state index is 0.157. The van der Waals surface area contributed by atoms with Gasteiger partial charge in [-0.15, -0.1) is 0 Å². The van der Waals surface area contributed by atoms with Crippen molar-refractivity contribution in [1.29, 1.82) is 0 Å². The van der Waals surface area contributed by atoms with Gasteiger partial charge < -0.3 is 20.8 Å². The van der Waals surface area contributed by atoms with E-state index in [4.69, 9.17) is 0 Å². The molecule has 0 radical (unpaired) electrons. The fraction of sp³-hybridized carbons (Fsp3) is 0.562. The molecule has 1 saturated heterocycles. The molecule has 0 aromatic heterocycles. The molecule has 0 unspecified atom stereocenters. The highest BCUT2D eigenvalue weighted by Crippen LogP contribution is 2.18. The molecule has 1 fully saturated rings. The highest BCUT2D eigenvalue weighted by atomic mass is 16.3. The zero-order chi connectivity index (χ0) is 15.2. The van der Waals surface area contributed by atoms with Crippen molar-refractivity contribution in [3.05, 3.63) is 35.9 Å². The van der Waals surface area contributed by atoms with Gasteiger partial charge in [0.1, 0.15) is 6.10 Å². The Bertz CT molecular complexity index is 452. The summed E-state index contributed by atoms with van der Waals surface area (Å²) in [5.41, 5.74) is 0.682. The smallest absolute Gasteiger partial charge is 0.237 e. The van der Waals surface area contributed by atoms with Crippen LogP contribution in [0, 0.1) is 5.92 Å². The second-order valence-corrected chi connectivity index (χ2v) is 5.79. The maximum Gasteiger partial charge on any atom is 0.237 e. The monoisotopic (exact) mass is 292 g/mol. The first-order valence-electron chi connectivity index (χ1n) is 7.49. The van der Waals surface area contributed by atoms with E-state index in [1.165, 1.54) is 0 Å². The Morgan fingerprint density at radius 2 is 2.14 bits per heavy atom. The number of aliphatic hydroxyl groups is 2. The van der Waals surface area contributed by atoms with Crippen LogP contribution in [-0.2, 0) is 4.79 Å². The summed E-state index contributed by atoms with van der Waals surface area (Å²) in [6.07, 6.45) is 0.937. The van der Waals surface area contributed by atoms with E-state index in [0.717, 1.165) is 19.4 Å². The normalized spacial score (nSPS) is 25.1. The lowest BCUT2D eigenvalue weighted by atomic mass is 9.93. The van der Waals surface area contributed by atoms with Gasteiger partial charge in [0.2, 0.25) is 5.91 Å². The summed E-state index contributed by atoms with van der Waals surface area (Å²) in [6, 6.07) is 8.11. The first kappa shape index (κ1) is 15.9. The van der Waals surface area contributed by atoms with E-state index >= 15 is 0 Å². The van der Waals surface area contributed by atoms with Crippen LogP contribution in [-0.4, -0.2) is 41.4 Å². The maximum absolute atomic E-state index is 12.3. The molecule has 116 valence electrons. The lowest BCUT2D eigenvalue weighted by molar-refractivity contribution is -0.126. The Morgan fingerprint density at radius 1 is 1.43 bits per heavy atom. The molecule has 1 aliphatic heterocycles. The van der Waals surface area contributed by atoms with Crippen molar-refractivity contribution in [3.8, 4) is 0 Å². The van der Waals surface area contributed by atoms with Crippen LogP contribution in [0.15, 0.2) is 30.3 Å². The first-order chi connectivity index (χ1) is 10.1. The third-order valence-corrected chi connectivity index (χ3v) is 4.03. The van der Waals surface area contributed by atoms with Crippen LogP contribution in [0.4, 0.5) is 0 Å². The Kier molecular flexibility index (Phi) is 5.73. The zero-order valence-corrected chi connectivity index (χ0v) is 12.3. The number of hydrogen-bond acceptors (Lipinski definition) is 4. The third kappa shape index (κ3) is 4.27. The first-order valence-corrected chi connectivity index (χ1v) is 7.49. The summed E-state index contributed by atoms with van der Waals surface area (Å²) in [7, 11) is 0. The van der Waals surface area contributed by atoms with E-state index in [1.54, 1.807) is 12.1 Å². The van der Waals surface area contributed by atoms with Gasteiger partial charge in [-0.1, -0.05) is 37.3 Å². The fourth-order valence-corrected chi connectivity index (χ4v) is 2.70. The molecule has 5 nitrogen and oxygen atoms in total. The van der Waals surface area contributed by atoms with Gasteiger partial charge in [0.15, 0.2) is 0 Å². The number of piperidine rings is 1. The van der Waals surface area contributed by atoms with Crippen molar-refractivity contribution in [3.63, 3.8) is 0 Å². The molecule has 21 heavy (non-hydrogen) atoms. The molecule has 0 aliphatic carbocycles. The van der Waals surface area contributed by atoms with E-state index in [9.17, 15) is 15.0 Å². The van der Waals surface area contributed by atoms with Crippen molar-refractivity contribution in [1.82, 2.24) is 10.6 Å². The van der Waals surface area contributed by atoms with Gasteiger partial charge in [-0.05, 0) is 30.9 Å². The van der Waals surface area contributed by atoms with Crippen molar-refractivity contribution in [2.45, 2.75) is 38.0 Å². The number of hydrogen-bond donors (Lipinski definition) is 4. The van der Waals surface area contributed by atoms with E-state index in [1.807, 2.05) is 18.2 Å². The van der Waals surface area contributed by atoms with Crippen molar-refractivity contribution in [2.24, 2.45) is 5.92 Å². The van der Waals surface area contributed by atoms with Crippen molar-refractivity contribution >= 4 is 5.91 Å². The van der Waals surface area contributed by atoms with Gasteiger partial charge >= 0.3 is 0 Å². The highest BCUT2D eigenvalue weighted by molar-refractivity contribution is 5.82. The fourth-order valence-electron chi connectivity index (χ4n) is 2.70. The van der Waals surface area contributed by atoms with Gasteiger partial charge in [-0.2, -0.15) is 0 Å². The van der Waals surface area contributed by atoms with Crippen LogP contribution in [0.1, 0.15) is 31.4 Å². The number of carbonyl (C=O) groups excluding carboxylic acids is 1. The molecule has 1 aromatic rings. The van der Waals surface area contributed by atoms with Crippen LogP contribution in [0.3, 0.4) is 0 Å². The highest BCUT2D eigenvalue weighted by Gasteiger charge is 2.28. The molecule has 4 N–H and O–H groups in total. The van der Waals surface area contributed by atoms with Gasteiger partial charge in [0.25, 0.3) is 0 Å². The molecule has 2 rings (SSSR count). The van der Waals surface area contributed by atoms with E-state index in [-0.39, 0.29) is 18.6 Å². The van der Waals surface area contributed by atoms with Crippen LogP contribution >= 0.6 is 0 Å². The van der Waals surface area contributed by atoms with Gasteiger partial charge in [-0.3, -0.25) is 4.79 Å². The quantitative estimate of drug-likeness (QED) is 0.640. The summed E-state index contributed by atoms with van der Waals surface area (Å²) in [6.45, 7) is 2.65. The number of rotatable bonds is 5. The average Bonchev–Trinajstić information content (AvgIpc) is 2.52. The molecule has 1 amide bonds. The van der Waals surface area contributed by atoms with Crippen LogP contribution in [0.25, 0.3) is 0 Å². The lowest BCUT2D eigenvalue weighted by Gasteiger charge is -2.30. The summed E-state index contributed by atoms with van der Waals surface area (Å²) in [5, 5.41) is 25.7. The van der Waals surface area contributed by atoms with Gasteiger partial charge in [0.05, 0.1) is 18.7 Å². The molecular weight excluding hydrogens is 268 g/mol. The maximum atomic E-state index is 12.3. The SMILES string of the molecule is C[C@@H]1CCN[C@H](C(=O)N[C@H](CO)[C@H](O)c2ccccc2)C1. The standard InChI is InChI=1S/C16H24N2O3/c1-11-7-8-17-13(9-11)16(21)18-14(10-19)15(20)12-5-3-2-4-6-12/h2-6,11,13-15,17,19-20H,7-10H2,1H3,(H,18,21)/t11-,13+,14-,15-/m1/s1. The number of carbonyl (C=O) groups is 1. The average molecular weight is 292 g/mol. The number of nitrogens with one attached hydrogen (secondary N) is 2. The van der Waals surface area contributed by atoms with Crippen LogP contribution in [0.5, 0.6) is 0 Å². The Labute approximate surface area is 125 Å². The molecule has 0 bridgehead atoms. The molecule has 1 aliphatic rings. The molecule has 4 atom stereocenters. The summed E-state index contributed by atoms with van der Waals surface area (Å²) >= 11 is 0. The Hall–Kier alpha value is -1.43. The predicted octanol–water partition coefficient (Wildman–Crippen LogP) is 0.585. The number of amides is 1. The Balaban J connectivity index is 1.96. The summed E-state index contributed by atoms with van der Waals surface area (Å²) < 4.78 is 0. The minimum Gasteiger partial charge on any atom is -0.394 e. The van der Waals surface area contributed by atoms with Crippen molar-refractivity contribution < 1.29 is 15.0 Å². The Morgan fingerprint density at radius 3 is 2.76 bits per heavy atom. The van der Waals surface area contributed by atoms with Gasteiger partial charge in [-0.25, -0.2) is 0 Å². The van der Waals surface area contributed by atoms with Crippen LogP contribution < -0.4 is 10.6 Å². The summed E-state index contributed by atoms with van der Waals surface area (Å²) in [4.78, 5) is 12.3. The number of aliphatic hydroxyl groups excluding tert-OH is 2. The van der Waals surface area contributed by atoms with Crippen molar-refractivity contribution in [2.75, 3.05) is 13.2 Å². The van der Waals surface area contributed by atoms with Crippen LogP contribution in [0.2, 0.25) is 0 Å². The number of benzene rings is 1. The molecule has 5 heteroatoms. The van der Waals surface area contributed by atoms with E-state index < -0.39 is 12.1 Å².